The lowest BCUT2D eigenvalue weighted by Gasteiger charge is -2.15. The van der Waals surface area contributed by atoms with Crippen LogP contribution in [0.15, 0.2) is 42.5 Å². The molecule has 1 saturated carbocycles. The van der Waals surface area contributed by atoms with Gasteiger partial charge >= 0.3 is 0 Å². The molecule has 25 heavy (non-hydrogen) atoms. The van der Waals surface area contributed by atoms with E-state index in [2.05, 4.69) is 10.6 Å². The zero-order chi connectivity index (χ0) is 18.0. The highest BCUT2D eigenvalue weighted by atomic mass is 16.2. The fourth-order valence-corrected chi connectivity index (χ4v) is 2.53. The van der Waals surface area contributed by atoms with Gasteiger partial charge in [-0.1, -0.05) is 35.9 Å². The highest BCUT2D eigenvalue weighted by molar-refractivity contribution is 5.99. The van der Waals surface area contributed by atoms with E-state index in [0.29, 0.717) is 17.3 Å². The molecule has 0 aliphatic heterocycles. The van der Waals surface area contributed by atoms with E-state index in [4.69, 9.17) is 5.73 Å². The third-order valence-electron chi connectivity index (χ3n) is 4.39. The van der Waals surface area contributed by atoms with Gasteiger partial charge in [0.1, 0.15) is 6.04 Å². The number of carbonyl (C=O) groups excluding carboxylic acids is 2. The molecular weight excluding hydrogens is 314 g/mol. The van der Waals surface area contributed by atoms with E-state index in [9.17, 15) is 9.59 Å². The molecule has 5 nitrogen and oxygen atoms in total. The van der Waals surface area contributed by atoms with E-state index in [1.54, 1.807) is 12.1 Å². The van der Waals surface area contributed by atoms with Crippen molar-refractivity contribution in [3.8, 4) is 0 Å². The van der Waals surface area contributed by atoms with Gasteiger partial charge in [0.25, 0.3) is 5.91 Å². The molecule has 0 spiro atoms. The first kappa shape index (κ1) is 17.2. The molecule has 5 heteroatoms. The van der Waals surface area contributed by atoms with Crippen LogP contribution >= 0.6 is 0 Å². The first-order chi connectivity index (χ1) is 11.9. The number of hydrogen-bond donors (Lipinski definition) is 3. The molecule has 3 rings (SSSR count). The van der Waals surface area contributed by atoms with Crippen molar-refractivity contribution < 1.29 is 9.59 Å². The van der Waals surface area contributed by atoms with Crippen LogP contribution in [0.5, 0.6) is 0 Å². The molecule has 2 amide bonds. The van der Waals surface area contributed by atoms with E-state index >= 15 is 0 Å². The Morgan fingerprint density at radius 1 is 1.08 bits per heavy atom. The second-order valence-corrected chi connectivity index (χ2v) is 6.66. The number of carbonyl (C=O) groups is 2. The molecule has 4 N–H and O–H groups in total. The molecule has 1 atom stereocenters. The average Bonchev–Trinajstić information content (AvgIpc) is 3.40. The van der Waals surface area contributed by atoms with E-state index in [1.165, 1.54) is 0 Å². The number of rotatable bonds is 5. The zero-order valence-corrected chi connectivity index (χ0v) is 14.5. The SMILES string of the molecule is Cc1ccc(C(N)C(=O)Nc2cc(C(=O)NC3CC3)ccc2C)cc1. The maximum absolute atomic E-state index is 12.5. The van der Waals surface area contributed by atoms with Crippen LogP contribution in [0.25, 0.3) is 0 Å². The summed E-state index contributed by atoms with van der Waals surface area (Å²) in [5.74, 6) is -0.410. The maximum Gasteiger partial charge on any atom is 0.251 e. The fourth-order valence-electron chi connectivity index (χ4n) is 2.53. The molecule has 0 bridgehead atoms. The lowest BCUT2D eigenvalue weighted by atomic mass is 10.0. The van der Waals surface area contributed by atoms with Gasteiger partial charge in [0, 0.05) is 17.3 Å². The Kier molecular flexibility index (Phi) is 4.86. The molecule has 130 valence electrons. The fraction of sp³-hybridized carbons (Fsp3) is 0.300. The summed E-state index contributed by atoms with van der Waals surface area (Å²) in [4.78, 5) is 24.7. The number of hydrogen-bond acceptors (Lipinski definition) is 3. The van der Waals surface area contributed by atoms with Crippen molar-refractivity contribution in [3.05, 3.63) is 64.7 Å². The summed E-state index contributed by atoms with van der Waals surface area (Å²) < 4.78 is 0. The molecule has 1 aliphatic carbocycles. The predicted molar refractivity (Wildman–Crippen MR) is 98.4 cm³/mol. The zero-order valence-electron chi connectivity index (χ0n) is 14.5. The van der Waals surface area contributed by atoms with E-state index in [0.717, 1.165) is 29.5 Å². The summed E-state index contributed by atoms with van der Waals surface area (Å²) in [5, 5.41) is 5.79. The van der Waals surface area contributed by atoms with Crippen LogP contribution in [0.2, 0.25) is 0 Å². The number of anilines is 1. The predicted octanol–water partition coefficient (Wildman–Crippen LogP) is 2.83. The second kappa shape index (κ2) is 7.07. The Bertz CT molecular complexity index is 795. The van der Waals surface area contributed by atoms with E-state index in [-0.39, 0.29) is 11.8 Å². The van der Waals surface area contributed by atoms with Gasteiger partial charge in [-0.2, -0.15) is 0 Å². The second-order valence-electron chi connectivity index (χ2n) is 6.66. The summed E-state index contributed by atoms with van der Waals surface area (Å²) in [6.45, 7) is 3.87. The highest BCUT2D eigenvalue weighted by Gasteiger charge is 2.24. The monoisotopic (exact) mass is 337 g/mol. The Labute approximate surface area is 147 Å². The van der Waals surface area contributed by atoms with Crippen molar-refractivity contribution in [2.45, 2.75) is 38.8 Å². The molecule has 1 unspecified atom stereocenters. The summed E-state index contributed by atoms with van der Waals surface area (Å²) in [6, 6.07) is 12.4. The minimum atomic E-state index is -0.760. The number of aryl methyl sites for hydroxylation is 2. The van der Waals surface area contributed by atoms with E-state index < -0.39 is 6.04 Å². The summed E-state index contributed by atoms with van der Waals surface area (Å²) in [5.41, 5.74) is 9.96. The Morgan fingerprint density at radius 3 is 2.40 bits per heavy atom. The quantitative estimate of drug-likeness (QED) is 0.784. The van der Waals surface area contributed by atoms with Gasteiger partial charge in [-0.3, -0.25) is 9.59 Å². The average molecular weight is 337 g/mol. The molecule has 1 fully saturated rings. The lowest BCUT2D eigenvalue weighted by molar-refractivity contribution is -0.117. The van der Waals surface area contributed by atoms with Gasteiger partial charge < -0.3 is 16.4 Å². The van der Waals surface area contributed by atoms with Crippen molar-refractivity contribution in [2.24, 2.45) is 5.73 Å². The molecule has 2 aromatic carbocycles. The van der Waals surface area contributed by atoms with Gasteiger partial charge in [0.15, 0.2) is 0 Å². The van der Waals surface area contributed by atoms with Crippen LogP contribution in [-0.4, -0.2) is 17.9 Å². The number of nitrogens with two attached hydrogens (primary N) is 1. The van der Waals surface area contributed by atoms with Crippen molar-refractivity contribution in [1.82, 2.24) is 5.32 Å². The van der Waals surface area contributed by atoms with Gasteiger partial charge in [-0.15, -0.1) is 0 Å². The van der Waals surface area contributed by atoms with E-state index in [1.807, 2.05) is 44.2 Å². The van der Waals surface area contributed by atoms with Crippen LogP contribution in [-0.2, 0) is 4.79 Å². The molecule has 2 aromatic rings. The third-order valence-corrected chi connectivity index (χ3v) is 4.39. The Morgan fingerprint density at radius 2 is 1.76 bits per heavy atom. The largest absolute Gasteiger partial charge is 0.349 e. The summed E-state index contributed by atoms with van der Waals surface area (Å²) >= 11 is 0. The third kappa shape index (κ3) is 4.25. The maximum atomic E-state index is 12.5. The van der Waals surface area contributed by atoms with Crippen LogP contribution in [0.1, 0.15) is 45.9 Å². The van der Waals surface area contributed by atoms with Crippen LogP contribution in [0.4, 0.5) is 5.69 Å². The summed E-state index contributed by atoms with van der Waals surface area (Å²) in [7, 11) is 0. The molecule has 0 radical (unpaired) electrons. The highest BCUT2D eigenvalue weighted by Crippen LogP contribution is 2.22. The van der Waals surface area contributed by atoms with Crippen molar-refractivity contribution >= 4 is 17.5 Å². The molecule has 1 aliphatic rings. The molecular formula is C20H23N3O2. The smallest absolute Gasteiger partial charge is 0.251 e. The van der Waals surface area contributed by atoms with Crippen LogP contribution in [0.3, 0.4) is 0 Å². The minimum Gasteiger partial charge on any atom is -0.349 e. The first-order valence-electron chi connectivity index (χ1n) is 8.48. The van der Waals surface area contributed by atoms with Crippen LogP contribution in [0, 0.1) is 13.8 Å². The lowest BCUT2D eigenvalue weighted by Crippen LogP contribution is -2.28. The standard InChI is InChI=1S/C20H23N3O2/c1-12-3-6-14(7-4-12)18(21)20(25)23-17-11-15(8-5-13(17)2)19(24)22-16-9-10-16/h3-8,11,16,18H,9-10,21H2,1-2H3,(H,22,24)(H,23,25). The topological polar surface area (TPSA) is 84.2 Å². The Hall–Kier alpha value is -2.66. The van der Waals surface area contributed by atoms with Gasteiger partial charge in [-0.05, 0) is 49.9 Å². The number of benzene rings is 2. The minimum absolute atomic E-state index is 0.110. The summed E-state index contributed by atoms with van der Waals surface area (Å²) in [6.07, 6.45) is 2.07. The van der Waals surface area contributed by atoms with Gasteiger partial charge in [-0.25, -0.2) is 0 Å². The van der Waals surface area contributed by atoms with Gasteiger partial charge in [0.05, 0.1) is 0 Å². The first-order valence-corrected chi connectivity index (χ1v) is 8.48. The number of amides is 2. The molecule has 0 aromatic heterocycles. The van der Waals surface area contributed by atoms with Crippen LogP contribution < -0.4 is 16.4 Å². The Balaban J connectivity index is 1.73. The molecule has 0 saturated heterocycles. The normalized spacial score (nSPS) is 14.7. The van der Waals surface area contributed by atoms with Gasteiger partial charge in [0.2, 0.25) is 5.91 Å². The number of nitrogens with one attached hydrogen (secondary N) is 2. The van der Waals surface area contributed by atoms with Crippen molar-refractivity contribution in [1.29, 1.82) is 0 Å². The van der Waals surface area contributed by atoms with Crippen molar-refractivity contribution in [3.63, 3.8) is 0 Å². The molecule has 0 heterocycles. The van der Waals surface area contributed by atoms with Crippen molar-refractivity contribution in [2.75, 3.05) is 5.32 Å².